The SMILES string of the molecule is [CH3][Sn]([CH3])([CH3])[c]1cccc(C#N)c1. The summed E-state index contributed by atoms with van der Waals surface area (Å²) in [5, 5.41) is 8.70. The third-order valence-electron chi connectivity index (χ3n) is 1.86. The van der Waals surface area contributed by atoms with Crippen LogP contribution in [0.25, 0.3) is 0 Å². The molecule has 0 saturated carbocycles. The molecule has 12 heavy (non-hydrogen) atoms. The van der Waals surface area contributed by atoms with E-state index in [0.717, 1.165) is 5.56 Å². The maximum absolute atomic E-state index is 8.70. The van der Waals surface area contributed by atoms with E-state index in [4.69, 9.17) is 5.26 Å². The fourth-order valence-electron chi connectivity index (χ4n) is 1.06. The first kappa shape index (κ1) is 9.60. The fourth-order valence-corrected chi connectivity index (χ4v) is 4.44. The molecule has 0 aliphatic heterocycles. The van der Waals surface area contributed by atoms with Crippen molar-refractivity contribution in [1.82, 2.24) is 0 Å². The number of hydrogen-bond acceptors (Lipinski definition) is 1. The summed E-state index contributed by atoms with van der Waals surface area (Å²) in [6.45, 7) is 0. The third-order valence-corrected chi connectivity index (χ3v) is 7.69. The zero-order valence-corrected chi connectivity index (χ0v) is 10.6. The number of nitrogens with zero attached hydrogens (tertiary/aromatic N) is 1. The van der Waals surface area contributed by atoms with Gasteiger partial charge in [0.2, 0.25) is 0 Å². The summed E-state index contributed by atoms with van der Waals surface area (Å²) in [6.07, 6.45) is 0. The summed E-state index contributed by atoms with van der Waals surface area (Å²) in [4.78, 5) is 7.06. The molecule has 0 unspecified atom stereocenters. The second-order valence-electron chi connectivity index (χ2n) is 3.94. The molecule has 1 aromatic carbocycles. The van der Waals surface area contributed by atoms with Crippen LogP contribution in [0, 0.1) is 11.3 Å². The van der Waals surface area contributed by atoms with Crippen LogP contribution in [0.4, 0.5) is 0 Å². The zero-order chi connectivity index (χ0) is 9.19. The minimum absolute atomic E-state index is 0.791. The van der Waals surface area contributed by atoms with Crippen LogP contribution in [0.1, 0.15) is 5.56 Å². The Morgan fingerprint density at radius 1 is 1.25 bits per heavy atom. The van der Waals surface area contributed by atoms with Crippen LogP contribution in [-0.2, 0) is 0 Å². The van der Waals surface area contributed by atoms with Crippen molar-refractivity contribution in [2.75, 3.05) is 0 Å². The number of benzene rings is 1. The fraction of sp³-hybridized carbons (Fsp3) is 0.300. The van der Waals surface area contributed by atoms with Crippen molar-refractivity contribution < 1.29 is 0 Å². The summed E-state index contributed by atoms with van der Waals surface area (Å²) in [6, 6.07) is 10.2. The van der Waals surface area contributed by atoms with E-state index in [2.05, 4.69) is 27.0 Å². The summed E-state index contributed by atoms with van der Waals surface area (Å²) in [7, 11) is 0. The molecule has 0 radical (unpaired) electrons. The first-order valence-corrected chi connectivity index (χ1v) is 14.0. The number of hydrogen-bond donors (Lipinski definition) is 0. The molecule has 0 heterocycles. The van der Waals surface area contributed by atoms with Crippen molar-refractivity contribution in [3.05, 3.63) is 29.8 Å². The molecule has 0 atom stereocenters. The second kappa shape index (κ2) is 3.49. The van der Waals surface area contributed by atoms with Gasteiger partial charge in [0.15, 0.2) is 0 Å². The van der Waals surface area contributed by atoms with Crippen molar-refractivity contribution in [1.29, 1.82) is 5.26 Å². The van der Waals surface area contributed by atoms with Gasteiger partial charge in [-0.1, -0.05) is 0 Å². The molecular weight excluding hydrogens is 253 g/mol. The maximum atomic E-state index is 8.70. The van der Waals surface area contributed by atoms with Gasteiger partial charge in [0, 0.05) is 0 Å². The monoisotopic (exact) mass is 267 g/mol. The first-order valence-electron chi connectivity index (χ1n) is 4.04. The van der Waals surface area contributed by atoms with Gasteiger partial charge < -0.3 is 0 Å². The summed E-state index contributed by atoms with van der Waals surface area (Å²) >= 11 is -1.93. The topological polar surface area (TPSA) is 23.8 Å². The van der Waals surface area contributed by atoms with Crippen LogP contribution in [0.15, 0.2) is 24.3 Å². The number of rotatable bonds is 1. The quantitative estimate of drug-likeness (QED) is 0.714. The van der Waals surface area contributed by atoms with Crippen LogP contribution >= 0.6 is 0 Å². The van der Waals surface area contributed by atoms with E-state index in [1.165, 1.54) is 3.58 Å². The van der Waals surface area contributed by atoms with Gasteiger partial charge in [-0.05, 0) is 0 Å². The minimum atomic E-state index is -1.93. The molecule has 0 fully saturated rings. The summed E-state index contributed by atoms with van der Waals surface area (Å²) in [5.41, 5.74) is 0.791. The van der Waals surface area contributed by atoms with Crippen molar-refractivity contribution in [3.8, 4) is 6.07 Å². The van der Waals surface area contributed by atoms with E-state index >= 15 is 0 Å². The predicted octanol–water partition coefficient (Wildman–Crippen LogP) is 2.10. The molecule has 1 aromatic rings. The van der Waals surface area contributed by atoms with Gasteiger partial charge in [0.25, 0.3) is 0 Å². The number of nitriles is 1. The van der Waals surface area contributed by atoms with Gasteiger partial charge in [-0.25, -0.2) is 0 Å². The molecule has 62 valence electrons. The molecule has 1 rings (SSSR count). The van der Waals surface area contributed by atoms with Crippen molar-refractivity contribution in [2.45, 2.75) is 14.8 Å². The van der Waals surface area contributed by atoms with Crippen LogP contribution in [0.2, 0.25) is 14.8 Å². The van der Waals surface area contributed by atoms with Crippen molar-refractivity contribution in [2.24, 2.45) is 0 Å². The molecule has 1 nitrogen and oxygen atoms in total. The van der Waals surface area contributed by atoms with Gasteiger partial charge in [-0.15, -0.1) is 0 Å². The van der Waals surface area contributed by atoms with Gasteiger partial charge >= 0.3 is 77.9 Å². The normalized spacial score (nSPS) is 10.8. The molecule has 0 aliphatic rings. The van der Waals surface area contributed by atoms with Gasteiger partial charge in [-0.3, -0.25) is 0 Å². The summed E-state index contributed by atoms with van der Waals surface area (Å²) < 4.78 is 1.42. The standard InChI is InChI=1S/C7H4N.3CH3.Sn/c8-6-7-4-2-1-3-5-7;;;;/h1-2,4-5H;3*1H3;. The Bertz CT molecular complexity index is 317. The predicted molar refractivity (Wildman–Crippen MR) is 54.1 cm³/mol. The molecule has 2 heteroatoms. The van der Waals surface area contributed by atoms with Crippen LogP contribution in [0.3, 0.4) is 0 Å². The van der Waals surface area contributed by atoms with E-state index in [0.29, 0.717) is 0 Å². The molecule has 0 saturated heterocycles. The first-order chi connectivity index (χ1) is 5.54. The molecule has 0 spiro atoms. The van der Waals surface area contributed by atoms with Crippen molar-refractivity contribution >= 4 is 22.0 Å². The second-order valence-corrected chi connectivity index (χ2v) is 18.4. The Hall–Kier alpha value is -0.491. The van der Waals surface area contributed by atoms with E-state index in [9.17, 15) is 0 Å². The average Bonchev–Trinajstić information content (AvgIpc) is 2.03. The molecule has 0 bridgehead atoms. The van der Waals surface area contributed by atoms with Crippen molar-refractivity contribution in [3.63, 3.8) is 0 Å². The Morgan fingerprint density at radius 3 is 2.42 bits per heavy atom. The molecule has 0 N–H and O–H groups in total. The Labute approximate surface area is 77.9 Å². The molecule has 0 aliphatic carbocycles. The Morgan fingerprint density at radius 2 is 1.92 bits per heavy atom. The Kier molecular flexibility index (Phi) is 2.79. The average molecular weight is 266 g/mol. The van der Waals surface area contributed by atoms with Crippen LogP contribution < -0.4 is 3.58 Å². The molecule has 0 amide bonds. The Balaban J connectivity index is 3.13. The third kappa shape index (κ3) is 2.25. The summed E-state index contributed by atoms with van der Waals surface area (Å²) in [5.74, 6) is 0. The van der Waals surface area contributed by atoms with Crippen LogP contribution in [0.5, 0.6) is 0 Å². The zero-order valence-electron chi connectivity index (χ0n) is 7.76. The van der Waals surface area contributed by atoms with Gasteiger partial charge in [0.1, 0.15) is 0 Å². The molecular formula is C10H13NSn. The van der Waals surface area contributed by atoms with E-state index in [1.54, 1.807) is 0 Å². The van der Waals surface area contributed by atoms with Gasteiger partial charge in [0.05, 0.1) is 0 Å². The van der Waals surface area contributed by atoms with E-state index in [-0.39, 0.29) is 0 Å². The van der Waals surface area contributed by atoms with Crippen LogP contribution in [-0.4, -0.2) is 18.4 Å². The molecule has 0 aromatic heterocycles. The van der Waals surface area contributed by atoms with Gasteiger partial charge in [-0.2, -0.15) is 0 Å². The van der Waals surface area contributed by atoms with E-state index in [1.807, 2.05) is 18.2 Å². The van der Waals surface area contributed by atoms with E-state index < -0.39 is 18.4 Å².